The first-order chi connectivity index (χ1) is 26.4. The Kier molecular flexibility index (Phi) is 15.2. The van der Waals surface area contributed by atoms with E-state index in [0.29, 0.717) is 22.7 Å². The van der Waals surface area contributed by atoms with Crippen molar-refractivity contribution in [3.8, 4) is 18.2 Å². The lowest BCUT2D eigenvalue weighted by atomic mass is 10.2. The van der Waals surface area contributed by atoms with Crippen molar-refractivity contribution < 1.29 is 42.1 Å². The molecule has 0 N–H and O–H groups in total. The second-order valence-corrected chi connectivity index (χ2v) is 10.7. The summed E-state index contributed by atoms with van der Waals surface area (Å²) < 4.78 is 27.1. The van der Waals surface area contributed by atoms with Crippen LogP contribution in [0.4, 0.5) is 0 Å². The number of allylic oxidation sites excluding steroid dienone is 2. The Balaban J connectivity index is 0.000000315. The molecular formula is C42H31N3O9. The summed E-state index contributed by atoms with van der Waals surface area (Å²) in [6.45, 7) is 4.57. The molecule has 0 saturated heterocycles. The zero-order valence-electron chi connectivity index (χ0n) is 28.9. The van der Waals surface area contributed by atoms with Crippen molar-refractivity contribution >= 4 is 63.0 Å². The topological polar surface area (TPSA) is 182 Å². The van der Waals surface area contributed by atoms with Crippen LogP contribution in [0, 0.1) is 34.0 Å². The molecule has 6 aromatic rings. The summed E-state index contributed by atoms with van der Waals surface area (Å²) in [5.41, 5.74) is 5.34. The Labute approximate surface area is 309 Å². The van der Waals surface area contributed by atoms with E-state index >= 15 is 0 Å². The third kappa shape index (κ3) is 12.0. The van der Waals surface area contributed by atoms with Crippen molar-refractivity contribution in [1.29, 1.82) is 15.8 Å². The number of esters is 1. The molecule has 12 nitrogen and oxygen atoms in total. The smallest absolute Gasteiger partial charge is 0.349 e. The van der Waals surface area contributed by atoms with Crippen molar-refractivity contribution in [2.75, 3.05) is 26.4 Å². The summed E-state index contributed by atoms with van der Waals surface area (Å²) in [6.07, 6.45) is 4.54. The molecule has 0 aliphatic carbocycles. The van der Waals surface area contributed by atoms with E-state index in [1.165, 1.54) is 18.1 Å². The number of hydrogen-bond acceptors (Lipinski definition) is 12. The Bertz CT molecular complexity index is 2400. The standard InChI is InChI=1S/C28H20N2O7.C12H9NO.C2H2O/c29-18-22(17-25-16-21-6-2-4-8-27(21)36-25)28(31)33-13-11-32-12-14-34-37-24(19-30)10-9-23-15-20-5-1-3-7-26(20)35-23;1-9(8-13)6-11-7-10-4-2-3-5-12(10)14-11;1-2-3/h1-9,15-17H,11-14H2;2-7H,1H3;1H2/b22-17-;;. The molecule has 0 unspecified atom stereocenters. The van der Waals surface area contributed by atoms with Gasteiger partial charge >= 0.3 is 5.97 Å². The SMILES string of the molecule is C=C=O.CC(C#N)=Cc1cc2ccccc2o1.N#CC(=C=Cc1cc2ccccc2o1)OOCCOCCOC(=O)/C(C#N)=C\c1cc2ccccc2o1. The molecule has 0 saturated carbocycles. The van der Waals surface area contributed by atoms with Gasteiger partial charge in [-0.3, -0.25) is 0 Å². The zero-order chi connectivity index (χ0) is 38.5. The summed E-state index contributed by atoms with van der Waals surface area (Å²) in [5, 5.41) is 29.9. The van der Waals surface area contributed by atoms with Crippen LogP contribution in [-0.4, -0.2) is 38.3 Å². The van der Waals surface area contributed by atoms with Gasteiger partial charge < -0.3 is 27.6 Å². The predicted octanol–water partition coefficient (Wildman–Crippen LogP) is 8.68. The summed E-state index contributed by atoms with van der Waals surface area (Å²) in [4.78, 5) is 30.6. The molecule has 0 aliphatic heterocycles. The second-order valence-electron chi connectivity index (χ2n) is 10.7. The Morgan fingerprint density at radius 1 is 0.704 bits per heavy atom. The first-order valence-electron chi connectivity index (χ1n) is 16.1. The van der Waals surface area contributed by atoms with E-state index in [4.69, 9.17) is 47.8 Å². The number of para-hydroxylation sites is 3. The highest BCUT2D eigenvalue weighted by Gasteiger charge is 2.12. The van der Waals surface area contributed by atoms with Gasteiger partial charge in [0.05, 0.1) is 19.3 Å². The monoisotopic (exact) mass is 721 g/mol. The molecule has 0 aliphatic rings. The number of benzene rings is 3. The number of furan rings is 3. The molecule has 0 atom stereocenters. The molecular weight excluding hydrogens is 690 g/mol. The van der Waals surface area contributed by atoms with Crippen molar-refractivity contribution in [3.63, 3.8) is 0 Å². The first-order valence-corrected chi connectivity index (χ1v) is 16.1. The Hall–Kier alpha value is -7.61. The molecule has 0 radical (unpaired) electrons. The van der Waals surface area contributed by atoms with Gasteiger partial charge in [-0.15, -0.1) is 0 Å². The van der Waals surface area contributed by atoms with Gasteiger partial charge in [0.15, 0.2) is 6.07 Å². The third-order valence-corrected chi connectivity index (χ3v) is 6.86. The number of carbonyl (C=O) groups is 1. The van der Waals surface area contributed by atoms with Crippen LogP contribution in [0.5, 0.6) is 0 Å². The number of hydrogen-bond donors (Lipinski definition) is 0. The van der Waals surface area contributed by atoms with Gasteiger partial charge in [-0.05, 0) is 56.0 Å². The van der Waals surface area contributed by atoms with E-state index in [1.807, 2.05) is 91.0 Å². The van der Waals surface area contributed by atoms with Crippen LogP contribution in [0.3, 0.4) is 0 Å². The molecule has 268 valence electrons. The van der Waals surface area contributed by atoms with E-state index in [-0.39, 0.29) is 37.8 Å². The molecule has 54 heavy (non-hydrogen) atoms. The van der Waals surface area contributed by atoms with Gasteiger partial charge in [0.1, 0.15) is 64.8 Å². The number of rotatable bonds is 12. The lowest BCUT2D eigenvalue weighted by Gasteiger charge is -2.05. The fourth-order valence-electron chi connectivity index (χ4n) is 4.52. The fourth-order valence-corrected chi connectivity index (χ4v) is 4.52. The largest absolute Gasteiger partial charge is 0.459 e. The summed E-state index contributed by atoms with van der Waals surface area (Å²) in [6, 6.07) is 33.8. The van der Waals surface area contributed by atoms with Gasteiger partial charge in [-0.1, -0.05) is 60.3 Å². The second kappa shape index (κ2) is 20.9. The quantitative estimate of drug-likeness (QED) is 0.0135. The van der Waals surface area contributed by atoms with Crippen molar-refractivity contribution in [1.82, 2.24) is 0 Å². The lowest BCUT2D eigenvalue weighted by Crippen LogP contribution is -2.13. The lowest BCUT2D eigenvalue weighted by molar-refractivity contribution is -0.263. The highest BCUT2D eigenvalue weighted by atomic mass is 17.2. The van der Waals surface area contributed by atoms with Crippen molar-refractivity contribution in [2.45, 2.75) is 6.92 Å². The van der Waals surface area contributed by atoms with Gasteiger partial charge in [-0.2, -0.15) is 20.7 Å². The van der Waals surface area contributed by atoms with E-state index in [0.717, 1.165) is 33.1 Å². The Morgan fingerprint density at radius 3 is 1.72 bits per heavy atom. The molecule has 0 bridgehead atoms. The summed E-state index contributed by atoms with van der Waals surface area (Å²) in [5.74, 6) is 1.90. The predicted molar refractivity (Wildman–Crippen MR) is 199 cm³/mol. The number of nitrogens with zero attached hydrogens (tertiary/aromatic N) is 3. The summed E-state index contributed by atoms with van der Waals surface area (Å²) in [7, 11) is 0. The minimum Gasteiger partial charge on any atom is -0.459 e. The van der Waals surface area contributed by atoms with Gasteiger partial charge in [-0.25, -0.2) is 9.59 Å². The van der Waals surface area contributed by atoms with Crippen LogP contribution in [0.2, 0.25) is 0 Å². The molecule has 12 heteroatoms. The average Bonchev–Trinajstić information content (AvgIpc) is 3.92. The summed E-state index contributed by atoms with van der Waals surface area (Å²) >= 11 is 0. The number of ether oxygens (including phenoxy) is 2. The highest BCUT2D eigenvalue weighted by molar-refractivity contribution is 5.98. The molecule has 3 aromatic heterocycles. The van der Waals surface area contributed by atoms with E-state index in [1.54, 1.807) is 25.1 Å². The maximum Gasteiger partial charge on any atom is 0.349 e. The molecule has 3 aromatic carbocycles. The normalized spacial score (nSPS) is 10.6. The maximum absolute atomic E-state index is 12.1. The van der Waals surface area contributed by atoms with Crippen molar-refractivity contribution in [3.05, 3.63) is 137 Å². The minimum atomic E-state index is -0.786. The molecule has 0 spiro atoms. The number of fused-ring (bicyclic) bond motifs is 3. The third-order valence-electron chi connectivity index (χ3n) is 6.86. The van der Waals surface area contributed by atoms with E-state index in [9.17, 15) is 10.1 Å². The molecule has 6 rings (SSSR count). The van der Waals surface area contributed by atoms with Crippen LogP contribution in [0.25, 0.3) is 51.1 Å². The zero-order valence-corrected chi connectivity index (χ0v) is 28.9. The fraction of sp³-hybridized carbons (Fsp3) is 0.119. The highest BCUT2D eigenvalue weighted by Crippen LogP contribution is 2.22. The van der Waals surface area contributed by atoms with Gasteiger partial charge in [0.2, 0.25) is 0 Å². The molecule has 0 amide bonds. The first kappa shape index (κ1) is 39.2. The van der Waals surface area contributed by atoms with Crippen LogP contribution in [0.15, 0.2) is 133 Å². The number of nitriles is 3. The van der Waals surface area contributed by atoms with Crippen LogP contribution in [0.1, 0.15) is 24.2 Å². The Morgan fingerprint density at radius 2 is 1.20 bits per heavy atom. The van der Waals surface area contributed by atoms with Gasteiger partial charge in [0, 0.05) is 33.9 Å². The van der Waals surface area contributed by atoms with E-state index in [2.05, 4.69) is 18.4 Å². The van der Waals surface area contributed by atoms with Crippen LogP contribution in [-0.2, 0) is 28.8 Å². The van der Waals surface area contributed by atoms with Crippen LogP contribution < -0.4 is 0 Å². The van der Waals surface area contributed by atoms with Crippen molar-refractivity contribution in [2.24, 2.45) is 0 Å². The maximum atomic E-state index is 12.1. The van der Waals surface area contributed by atoms with E-state index < -0.39 is 5.97 Å². The number of carbonyl (C=O) groups excluding carboxylic acids is 2. The minimum absolute atomic E-state index is 0.0147. The molecule has 0 fully saturated rings. The van der Waals surface area contributed by atoms with Gasteiger partial charge in [0.25, 0.3) is 5.76 Å². The average molecular weight is 722 g/mol. The molecule has 3 heterocycles. The van der Waals surface area contributed by atoms with Crippen LogP contribution >= 0.6 is 0 Å².